The molecule has 222 valence electrons. The van der Waals surface area contributed by atoms with Crippen molar-refractivity contribution in [2.45, 2.75) is 77.7 Å². The molecule has 3 heterocycles. The number of benzene rings is 2. The second kappa shape index (κ2) is 14.3. The fourth-order valence-corrected chi connectivity index (χ4v) is 8.31. The Morgan fingerprint density at radius 3 is 2.59 bits per heavy atom. The van der Waals surface area contributed by atoms with Crippen LogP contribution in [0.3, 0.4) is 0 Å². The van der Waals surface area contributed by atoms with Gasteiger partial charge in [-0.25, -0.2) is 0 Å². The number of hydrogen-bond donors (Lipinski definition) is 2. The highest BCUT2D eigenvalue weighted by molar-refractivity contribution is 7.98. The Morgan fingerprint density at radius 1 is 1.02 bits per heavy atom. The summed E-state index contributed by atoms with van der Waals surface area (Å²) < 4.78 is 0. The highest BCUT2D eigenvalue weighted by Gasteiger charge is 2.40. The van der Waals surface area contributed by atoms with Crippen LogP contribution < -0.4 is 5.32 Å². The van der Waals surface area contributed by atoms with Crippen molar-refractivity contribution in [3.63, 3.8) is 0 Å². The van der Waals surface area contributed by atoms with Gasteiger partial charge in [-0.05, 0) is 110 Å². The number of rotatable bonds is 11. The first-order valence-electron chi connectivity index (χ1n) is 16.0. The number of piperidine rings is 1. The highest BCUT2D eigenvalue weighted by atomic mass is 32.2. The lowest BCUT2D eigenvalue weighted by atomic mass is 9.72. The topological polar surface area (TPSA) is 51.4 Å². The summed E-state index contributed by atoms with van der Waals surface area (Å²) in [6, 6.07) is 13.8. The second-order valence-corrected chi connectivity index (χ2v) is 13.2. The van der Waals surface area contributed by atoms with Crippen LogP contribution >= 0.6 is 11.8 Å². The predicted octanol–water partition coefficient (Wildman–Crippen LogP) is 7.12. The number of likely N-dealkylation sites (tertiary alicyclic amines) is 1. The van der Waals surface area contributed by atoms with E-state index in [-0.39, 0.29) is 5.91 Å². The van der Waals surface area contributed by atoms with Crippen LogP contribution in [-0.4, -0.2) is 71.5 Å². The molecule has 1 aromatic heterocycles. The number of H-pyrrole nitrogens is 1. The number of aromatic amines is 1. The first kappa shape index (κ1) is 30.2. The van der Waals surface area contributed by atoms with Gasteiger partial charge in [-0.15, -0.1) is 0 Å². The lowest BCUT2D eigenvalue weighted by molar-refractivity contribution is -0.115. The van der Waals surface area contributed by atoms with Crippen molar-refractivity contribution in [1.29, 1.82) is 0 Å². The maximum absolute atomic E-state index is 11.5. The van der Waals surface area contributed by atoms with Crippen molar-refractivity contribution in [3.8, 4) is 0 Å². The van der Waals surface area contributed by atoms with E-state index in [0.29, 0.717) is 12.5 Å². The van der Waals surface area contributed by atoms with E-state index in [1.54, 1.807) is 5.56 Å². The second-order valence-electron chi connectivity index (χ2n) is 12.3. The van der Waals surface area contributed by atoms with Crippen LogP contribution in [0.4, 0.5) is 5.69 Å². The summed E-state index contributed by atoms with van der Waals surface area (Å²) in [5, 5.41) is 4.46. The van der Waals surface area contributed by atoms with Crippen LogP contribution in [0.5, 0.6) is 0 Å². The first-order chi connectivity index (χ1) is 20.1. The van der Waals surface area contributed by atoms with Gasteiger partial charge < -0.3 is 15.2 Å². The average molecular weight is 575 g/mol. The van der Waals surface area contributed by atoms with Crippen LogP contribution in [0, 0.1) is 5.92 Å². The van der Waals surface area contributed by atoms with Gasteiger partial charge in [-0.1, -0.05) is 45.0 Å². The van der Waals surface area contributed by atoms with E-state index in [1.165, 1.54) is 91.6 Å². The molecule has 6 heteroatoms. The molecule has 0 radical (unpaired) electrons. The van der Waals surface area contributed by atoms with E-state index in [2.05, 4.69) is 77.6 Å². The molecule has 1 saturated heterocycles. The van der Waals surface area contributed by atoms with Crippen molar-refractivity contribution >= 4 is 34.3 Å². The SMILES string of the molecule is CCCN(CCC)CCc1cccc2c1CC(=O)N2.CCCN1C[C@H](CSC)C[C@@H]2c3cccc4[nH]cc(c34)C[C@H]21. The fraction of sp³-hybridized carbons (Fsp3) is 0.571. The summed E-state index contributed by atoms with van der Waals surface area (Å²) in [6.07, 6.45) is 12.4. The average Bonchev–Trinajstić information content (AvgIpc) is 3.57. The van der Waals surface area contributed by atoms with E-state index in [9.17, 15) is 4.79 Å². The van der Waals surface area contributed by atoms with Gasteiger partial charge >= 0.3 is 0 Å². The lowest BCUT2D eigenvalue weighted by Crippen LogP contribution is -2.50. The molecular weight excluding hydrogens is 524 g/mol. The van der Waals surface area contributed by atoms with Crippen molar-refractivity contribution in [1.82, 2.24) is 14.8 Å². The Balaban J connectivity index is 0.000000167. The summed E-state index contributed by atoms with van der Waals surface area (Å²) in [4.78, 5) is 20.3. The minimum atomic E-state index is 0.126. The number of nitrogens with one attached hydrogen (secondary N) is 2. The van der Waals surface area contributed by atoms with E-state index in [0.717, 1.165) is 30.5 Å². The van der Waals surface area contributed by atoms with Gasteiger partial charge in [0.15, 0.2) is 0 Å². The van der Waals surface area contributed by atoms with Crippen LogP contribution in [0.15, 0.2) is 42.6 Å². The van der Waals surface area contributed by atoms with Gasteiger partial charge in [-0.3, -0.25) is 9.69 Å². The molecule has 1 aliphatic carbocycles. The molecule has 2 N–H and O–H groups in total. The van der Waals surface area contributed by atoms with Crippen LogP contribution in [0.2, 0.25) is 0 Å². The first-order valence-corrected chi connectivity index (χ1v) is 17.4. The Labute approximate surface area is 251 Å². The van der Waals surface area contributed by atoms with Gasteiger partial charge in [0.2, 0.25) is 5.91 Å². The largest absolute Gasteiger partial charge is 0.361 e. The van der Waals surface area contributed by atoms with Gasteiger partial charge in [0.1, 0.15) is 0 Å². The Kier molecular flexibility index (Phi) is 10.5. The van der Waals surface area contributed by atoms with E-state index < -0.39 is 0 Å². The summed E-state index contributed by atoms with van der Waals surface area (Å²) in [6.45, 7) is 12.7. The number of carbonyl (C=O) groups excluding carboxylic acids is 1. The summed E-state index contributed by atoms with van der Waals surface area (Å²) >= 11 is 2.01. The zero-order valence-corrected chi connectivity index (χ0v) is 26.5. The molecule has 0 unspecified atom stereocenters. The molecule has 2 aliphatic heterocycles. The van der Waals surface area contributed by atoms with Gasteiger partial charge in [0.25, 0.3) is 0 Å². The third-order valence-corrected chi connectivity index (χ3v) is 10.0. The van der Waals surface area contributed by atoms with E-state index in [1.807, 2.05) is 23.9 Å². The van der Waals surface area contributed by atoms with E-state index >= 15 is 0 Å². The number of aromatic nitrogens is 1. The molecule has 3 aliphatic rings. The van der Waals surface area contributed by atoms with Gasteiger partial charge in [0, 0.05) is 47.8 Å². The molecule has 2 aromatic carbocycles. The molecule has 0 saturated carbocycles. The van der Waals surface area contributed by atoms with Crippen molar-refractivity contribution in [2.75, 3.05) is 50.0 Å². The normalized spacial score (nSPS) is 21.4. The Hall–Kier alpha value is -2.28. The third kappa shape index (κ3) is 6.87. The van der Waals surface area contributed by atoms with Crippen LogP contribution in [0.25, 0.3) is 10.9 Å². The number of hydrogen-bond acceptors (Lipinski definition) is 4. The number of amides is 1. The monoisotopic (exact) mass is 574 g/mol. The van der Waals surface area contributed by atoms with Gasteiger partial charge in [-0.2, -0.15) is 11.8 Å². The minimum absolute atomic E-state index is 0.126. The molecule has 5 nitrogen and oxygen atoms in total. The zero-order valence-electron chi connectivity index (χ0n) is 25.7. The smallest absolute Gasteiger partial charge is 0.228 e. The number of nitrogens with zero attached hydrogens (tertiary/aromatic N) is 2. The number of carbonyl (C=O) groups is 1. The number of anilines is 1. The third-order valence-electron chi connectivity index (χ3n) is 9.24. The highest BCUT2D eigenvalue weighted by Crippen LogP contribution is 2.45. The Morgan fingerprint density at radius 2 is 1.83 bits per heavy atom. The Bertz CT molecular complexity index is 1300. The molecule has 3 atom stereocenters. The van der Waals surface area contributed by atoms with E-state index in [4.69, 9.17) is 0 Å². The standard InChI is InChI=1S/C19H26N2S.C16H24N2O/c1-3-7-21-11-13(12-22-2)8-16-15-5-4-6-17-19(15)14(10-20-17)9-18(16)21;1-3-9-18(10-4-2)11-8-13-6-5-7-15-14(13)12-16(19)17-15/h4-6,10,13,16,18,20H,3,7-9,11-12H2,1-2H3;5-7H,3-4,8-12H2,1-2H3,(H,17,19)/t13-,16-,18-;/m1./s1. The fourth-order valence-electron chi connectivity index (χ4n) is 7.60. The summed E-state index contributed by atoms with van der Waals surface area (Å²) in [5.74, 6) is 3.00. The molecule has 0 bridgehead atoms. The molecule has 6 rings (SSSR count). The molecule has 41 heavy (non-hydrogen) atoms. The van der Waals surface area contributed by atoms with Crippen LogP contribution in [-0.2, 0) is 24.1 Å². The minimum Gasteiger partial charge on any atom is -0.361 e. The van der Waals surface area contributed by atoms with Crippen LogP contribution in [0.1, 0.15) is 74.6 Å². The lowest BCUT2D eigenvalue weighted by Gasteiger charge is -2.47. The predicted molar refractivity (Wildman–Crippen MR) is 176 cm³/mol. The zero-order chi connectivity index (χ0) is 28.8. The molecular formula is C35H50N4OS. The molecule has 1 fully saturated rings. The quantitative estimate of drug-likeness (QED) is 0.256. The molecule has 0 spiro atoms. The van der Waals surface area contributed by atoms with Crippen molar-refractivity contribution in [2.24, 2.45) is 5.92 Å². The van der Waals surface area contributed by atoms with Gasteiger partial charge in [0.05, 0.1) is 6.42 Å². The molecule has 3 aromatic rings. The summed E-state index contributed by atoms with van der Waals surface area (Å²) in [7, 11) is 0. The molecule has 1 amide bonds. The number of thioether (sulfide) groups is 1. The maximum Gasteiger partial charge on any atom is 0.228 e. The van der Waals surface area contributed by atoms with Crippen molar-refractivity contribution < 1.29 is 4.79 Å². The maximum atomic E-state index is 11.5. The number of fused-ring (bicyclic) bond motifs is 3. The van der Waals surface area contributed by atoms with Crippen molar-refractivity contribution in [3.05, 3.63) is 64.8 Å². The summed E-state index contributed by atoms with van der Waals surface area (Å²) in [5.41, 5.74) is 8.03.